The van der Waals surface area contributed by atoms with E-state index in [1.165, 1.54) is 18.1 Å². The Hall–Kier alpha value is -2.53. The fourth-order valence-electron chi connectivity index (χ4n) is 3.47. The molecule has 0 aromatic carbocycles. The van der Waals surface area contributed by atoms with Gasteiger partial charge in [-0.3, -0.25) is 19.3 Å². The van der Waals surface area contributed by atoms with Gasteiger partial charge in [-0.2, -0.15) is 5.26 Å². The summed E-state index contributed by atoms with van der Waals surface area (Å²) in [6.07, 6.45) is 4.78. The molecule has 0 saturated carbocycles. The van der Waals surface area contributed by atoms with Gasteiger partial charge in [0.15, 0.2) is 6.10 Å². The highest BCUT2D eigenvalue weighted by Gasteiger charge is 2.45. The van der Waals surface area contributed by atoms with Crippen molar-refractivity contribution in [3.63, 3.8) is 0 Å². The Morgan fingerprint density at radius 2 is 1.97 bits per heavy atom. The van der Waals surface area contributed by atoms with E-state index < -0.39 is 32.9 Å². The molecule has 0 bridgehead atoms. The quantitative estimate of drug-likeness (QED) is 0.119. The predicted molar refractivity (Wildman–Crippen MR) is 131 cm³/mol. The van der Waals surface area contributed by atoms with Crippen molar-refractivity contribution in [2.45, 2.75) is 78.0 Å². The molecule has 35 heavy (non-hydrogen) atoms. The lowest BCUT2D eigenvalue weighted by Gasteiger charge is -2.37. The number of carbonyl (C=O) groups is 3. The van der Waals surface area contributed by atoms with Gasteiger partial charge >= 0.3 is 0 Å². The Kier molecular flexibility index (Phi) is 13.5. The van der Waals surface area contributed by atoms with Crippen molar-refractivity contribution in [1.82, 2.24) is 20.2 Å². The first kappa shape index (κ1) is 30.5. The summed E-state index contributed by atoms with van der Waals surface area (Å²) in [6.45, 7) is 9.71. The standard InChI is InChI=1S/C23H36N5O6P/c1-8-11-26-23(31)21-19(13-20(33-21)27(15-29)14-18(6)22(30)25-7)34-35(32-12-9-10-24)28(16(2)3)17(4)5/h1,14-17,19-21H,9,11-13H2,2-7H3,(H,25,30)(H,26,31)/b18-14-. The molecular weight excluding hydrogens is 473 g/mol. The first-order valence-electron chi connectivity index (χ1n) is 11.4. The first-order valence-corrected chi connectivity index (χ1v) is 12.5. The molecule has 0 aromatic heterocycles. The summed E-state index contributed by atoms with van der Waals surface area (Å²) >= 11 is 0. The first-order chi connectivity index (χ1) is 16.6. The largest absolute Gasteiger partial charge is 0.355 e. The van der Waals surface area contributed by atoms with E-state index in [0.29, 0.717) is 6.41 Å². The van der Waals surface area contributed by atoms with Gasteiger partial charge in [-0.15, -0.1) is 6.42 Å². The number of amides is 3. The lowest BCUT2D eigenvalue weighted by Crippen LogP contribution is -2.42. The second-order valence-electron chi connectivity index (χ2n) is 8.30. The van der Waals surface area contributed by atoms with Gasteiger partial charge in [0.2, 0.25) is 12.3 Å². The Morgan fingerprint density at radius 1 is 1.31 bits per heavy atom. The predicted octanol–water partition coefficient (Wildman–Crippen LogP) is 1.62. The fraction of sp³-hybridized carbons (Fsp3) is 0.652. The number of hydrogen-bond donors (Lipinski definition) is 2. The van der Waals surface area contributed by atoms with Crippen molar-refractivity contribution in [2.24, 2.45) is 0 Å². The summed E-state index contributed by atoms with van der Waals surface area (Å²) in [5.74, 6) is 1.50. The number of likely N-dealkylation sites (N-methyl/N-ethyl adjacent to an activating group) is 1. The monoisotopic (exact) mass is 509 g/mol. The van der Waals surface area contributed by atoms with Crippen LogP contribution in [0.4, 0.5) is 0 Å². The molecule has 12 heteroatoms. The number of ether oxygens (including phenoxy) is 1. The van der Waals surface area contributed by atoms with Crippen LogP contribution in [0.3, 0.4) is 0 Å². The number of carbonyl (C=O) groups excluding carboxylic acids is 3. The fourth-order valence-corrected chi connectivity index (χ4v) is 5.20. The van der Waals surface area contributed by atoms with Crippen LogP contribution >= 0.6 is 8.53 Å². The minimum Gasteiger partial charge on any atom is -0.355 e. The van der Waals surface area contributed by atoms with Crippen molar-refractivity contribution in [2.75, 3.05) is 20.2 Å². The van der Waals surface area contributed by atoms with Crippen molar-refractivity contribution in [3.8, 4) is 18.4 Å². The van der Waals surface area contributed by atoms with E-state index in [0.717, 1.165) is 0 Å². The zero-order valence-corrected chi connectivity index (χ0v) is 22.1. The number of hydrogen-bond acceptors (Lipinski definition) is 8. The summed E-state index contributed by atoms with van der Waals surface area (Å²) in [5.41, 5.74) is 0.286. The van der Waals surface area contributed by atoms with Gasteiger partial charge in [-0.1, -0.05) is 5.92 Å². The molecule has 1 aliphatic heterocycles. The highest BCUT2D eigenvalue weighted by Crippen LogP contribution is 2.49. The zero-order chi connectivity index (χ0) is 26.5. The molecule has 1 rings (SSSR count). The van der Waals surface area contributed by atoms with Gasteiger partial charge in [-0.05, 0) is 34.6 Å². The normalized spacial score (nSPS) is 20.9. The van der Waals surface area contributed by atoms with Gasteiger partial charge in [0.05, 0.1) is 25.6 Å². The van der Waals surface area contributed by atoms with Crippen LogP contribution < -0.4 is 10.6 Å². The Bertz CT molecular complexity index is 829. The third-order valence-corrected chi connectivity index (χ3v) is 7.12. The molecule has 11 nitrogen and oxygen atoms in total. The lowest BCUT2D eigenvalue weighted by atomic mass is 10.1. The Labute approximate surface area is 209 Å². The minimum absolute atomic E-state index is 0.000696. The van der Waals surface area contributed by atoms with E-state index in [4.69, 9.17) is 25.5 Å². The number of terminal acetylenes is 1. The maximum absolute atomic E-state index is 12.8. The molecular formula is C23H36N5O6P. The number of nitriles is 1. The number of rotatable bonds is 14. The van der Waals surface area contributed by atoms with Gasteiger partial charge in [0.25, 0.3) is 14.4 Å². The SMILES string of the molecule is C#CCNC(=O)C1OC(N(C=O)/C=C(/C)C(=O)NC)CC1OP(OCCC#N)N(C(C)C)C(C)C. The molecule has 0 aromatic rings. The van der Waals surface area contributed by atoms with E-state index in [1.54, 1.807) is 6.92 Å². The molecule has 1 saturated heterocycles. The van der Waals surface area contributed by atoms with Crippen LogP contribution in [-0.2, 0) is 28.2 Å². The van der Waals surface area contributed by atoms with E-state index in [-0.39, 0.29) is 49.6 Å². The van der Waals surface area contributed by atoms with Gasteiger partial charge in [0, 0.05) is 37.3 Å². The summed E-state index contributed by atoms with van der Waals surface area (Å²) in [5, 5.41) is 14.0. The highest BCUT2D eigenvalue weighted by molar-refractivity contribution is 7.44. The molecule has 4 atom stereocenters. The average molecular weight is 510 g/mol. The van der Waals surface area contributed by atoms with Crippen molar-refractivity contribution in [3.05, 3.63) is 11.8 Å². The third-order valence-electron chi connectivity index (χ3n) is 4.97. The lowest BCUT2D eigenvalue weighted by molar-refractivity contribution is -0.142. The van der Waals surface area contributed by atoms with Gasteiger partial charge in [0.1, 0.15) is 12.3 Å². The van der Waals surface area contributed by atoms with Crippen LogP contribution in [-0.4, -0.2) is 78.5 Å². The van der Waals surface area contributed by atoms with E-state index in [1.807, 2.05) is 38.4 Å². The average Bonchev–Trinajstić information content (AvgIpc) is 3.23. The van der Waals surface area contributed by atoms with Crippen LogP contribution in [0, 0.1) is 23.7 Å². The number of nitrogens with zero attached hydrogens (tertiary/aromatic N) is 3. The summed E-state index contributed by atoms with van der Waals surface area (Å²) in [4.78, 5) is 37.7. The van der Waals surface area contributed by atoms with E-state index in [2.05, 4.69) is 16.6 Å². The Balaban J connectivity index is 3.25. The highest BCUT2D eigenvalue weighted by atomic mass is 31.2. The van der Waals surface area contributed by atoms with E-state index >= 15 is 0 Å². The molecule has 4 unspecified atom stereocenters. The van der Waals surface area contributed by atoms with Crippen LogP contribution in [0.15, 0.2) is 11.8 Å². The molecule has 0 spiro atoms. The third kappa shape index (κ3) is 9.21. The maximum atomic E-state index is 12.8. The topological polar surface area (TPSA) is 133 Å². The van der Waals surface area contributed by atoms with Gasteiger partial charge < -0.3 is 24.4 Å². The van der Waals surface area contributed by atoms with Crippen molar-refractivity contribution >= 4 is 26.8 Å². The van der Waals surface area contributed by atoms with Crippen LogP contribution in [0.5, 0.6) is 0 Å². The van der Waals surface area contributed by atoms with Crippen LogP contribution in [0.25, 0.3) is 0 Å². The maximum Gasteiger partial charge on any atom is 0.259 e. The minimum atomic E-state index is -1.67. The zero-order valence-electron chi connectivity index (χ0n) is 21.2. The van der Waals surface area contributed by atoms with Crippen LogP contribution in [0.1, 0.15) is 47.5 Å². The van der Waals surface area contributed by atoms with Crippen LogP contribution in [0.2, 0.25) is 0 Å². The number of nitrogens with one attached hydrogen (secondary N) is 2. The molecule has 1 aliphatic rings. The molecule has 3 amide bonds. The smallest absolute Gasteiger partial charge is 0.259 e. The van der Waals surface area contributed by atoms with Crippen molar-refractivity contribution in [1.29, 1.82) is 5.26 Å². The van der Waals surface area contributed by atoms with E-state index in [9.17, 15) is 14.4 Å². The summed E-state index contributed by atoms with van der Waals surface area (Å²) in [6, 6.07) is 2.16. The van der Waals surface area contributed by atoms with Gasteiger partial charge in [-0.25, -0.2) is 4.67 Å². The van der Waals surface area contributed by atoms with Crippen molar-refractivity contribution < 1.29 is 28.2 Å². The second kappa shape index (κ2) is 15.5. The second-order valence-corrected chi connectivity index (χ2v) is 9.71. The molecule has 2 N–H and O–H groups in total. The molecule has 194 valence electrons. The Morgan fingerprint density at radius 3 is 2.49 bits per heavy atom. The molecule has 0 radical (unpaired) electrons. The molecule has 1 fully saturated rings. The molecule has 0 aliphatic carbocycles. The summed E-state index contributed by atoms with van der Waals surface area (Å²) in [7, 11) is -0.184. The summed E-state index contributed by atoms with van der Waals surface area (Å²) < 4.78 is 20.2. The molecule has 1 heterocycles.